The number of hydrogen-bond acceptors (Lipinski definition) is 3. The van der Waals surface area contributed by atoms with Gasteiger partial charge < -0.3 is 10.2 Å². The summed E-state index contributed by atoms with van der Waals surface area (Å²) in [5.41, 5.74) is 0.993. The van der Waals surface area contributed by atoms with Crippen molar-refractivity contribution in [3.63, 3.8) is 0 Å². The van der Waals surface area contributed by atoms with Crippen molar-refractivity contribution >= 4 is 23.6 Å². The van der Waals surface area contributed by atoms with E-state index in [1.165, 1.54) is 0 Å². The average Bonchev–Trinajstić information content (AvgIpc) is 2.45. The Morgan fingerprint density at radius 1 is 1.14 bits per heavy atom. The molecular formula is C16H20ClN3O. The first-order valence-corrected chi connectivity index (χ1v) is 7.77. The minimum Gasteiger partial charge on any atom is -0.337 e. The van der Waals surface area contributed by atoms with Gasteiger partial charge in [0.2, 0.25) is 5.91 Å². The van der Waals surface area contributed by atoms with Crippen LogP contribution in [0.15, 0.2) is 30.3 Å². The highest BCUT2D eigenvalue weighted by molar-refractivity contribution is 6.30. The molecule has 0 aliphatic carbocycles. The average molecular weight is 306 g/mol. The van der Waals surface area contributed by atoms with E-state index in [2.05, 4.69) is 10.2 Å². The molecule has 1 aromatic carbocycles. The van der Waals surface area contributed by atoms with E-state index in [1.54, 1.807) is 6.08 Å². The summed E-state index contributed by atoms with van der Waals surface area (Å²) in [4.78, 5) is 16.6. The predicted octanol–water partition coefficient (Wildman–Crippen LogP) is 1.47. The molecule has 2 heterocycles. The Kier molecular flexibility index (Phi) is 4.58. The van der Waals surface area contributed by atoms with Gasteiger partial charge in [0, 0.05) is 56.4 Å². The van der Waals surface area contributed by atoms with Crippen LogP contribution in [0.5, 0.6) is 0 Å². The summed E-state index contributed by atoms with van der Waals surface area (Å²) >= 11 is 5.84. The standard InChI is InChI=1S/C16H20ClN3O/c17-14-4-1-13(2-5-14)3-6-16(21)20-9-7-19(8-10-20)15-11-18-12-15/h1-6,15,18H,7-12H2. The van der Waals surface area contributed by atoms with E-state index in [0.717, 1.165) is 44.8 Å². The first-order chi connectivity index (χ1) is 10.2. The third-order valence-electron chi connectivity index (χ3n) is 4.19. The van der Waals surface area contributed by atoms with Crippen molar-refractivity contribution in [2.75, 3.05) is 39.3 Å². The molecule has 0 radical (unpaired) electrons. The maximum absolute atomic E-state index is 12.2. The van der Waals surface area contributed by atoms with Crippen LogP contribution in [0.4, 0.5) is 0 Å². The quantitative estimate of drug-likeness (QED) is 0.859. The molecule has 5 heteroatoms. The van der Waals surface area contributed by atoms with Gasteiger partial charge in [0.1, 0.15) is 0 Å². The second kappa shape index (κ2) is 6.60. The second-order valence-corrected chi connectivity index (χ2v) is 5.99. The van der Waals surface area contributed by atoms with Gasteiger partial charge in [-0.15, -0.1) is 0 Å². The number of carbonyl (C=O) groups is 1. The summed E-state index contributed by atoms with van der Waals surface area (Å²) in [6, 6.07) is 8.15. The summed E-state index contributed by atoms with van der Waals surface area (Å²) in [6.07, 6.45) is 3.50. The van der Waals surface area contributed by atoms with E-state index in [0.29, 0.717) is 11.1 Å². The molecule has 0 saturated carbocycles. The lowest BCUT2D eigenvalue weighted by Crippen LogP contribution is -2.61. The van der Waals surface area contributed by atoms with Crippen molar-refractivity contribution in [2.45, 2.75) is 6.04 Å². The van der Waals surface area contributed by atoms with Crippen LogP contribution in [-0.4, -0.2) is 61.0 Å². The Labute approximate surface area is 130 Å². The Bertz CT molecular complexity index is 517. The van der Waals surface area contributed by atoms with Crippen LogP contribution in [0.25, 0.3) is 6.08 Å². The van der Waals surface area contributed by atoms with E-state index < -0.39 is 0 Å². The van der Waals surface area contributed by atoms with Gasteiger partial charge >= 0.3 is 0 Å². The number of piperazine rings is 1. The Morgan fingerprint density at radius 3 is 2.38 bits per heavy atom. The van der Waals surface area contributed by atoms with E-state index in [-0.39, 0.29) is 5.91 Å². The number of carbonyl (C=O) groups excluding carboxylic acids is 1. The number of nitrogens with one attached hydrogen (secondary N) is 1. The smallest absolute Gasteiger partial charge is 0.246 e. The zero-order valence-electron chi connectivity index (χ0n) is 12.0. The number of hydrogen-bond donors (Lipinski definition) is 1. The maximum atomic E-state index is 12.2. The number of benzene rings is 1. The summed E-state index contributed by atoms with van der Waals surface area (Å²) in [6.45, 7) is 5.77. The van der Waals surface area contributed by atoms with Crippen molar-refractivity contribution < 1.29 is 4.79 Å². The molecule has 4 nitrogen and oxygen atoms in total. The van der Waals surface area contributed by atoms with Crippen LogP contribution in [0.1, 0.15) is 5.56 Å². The minimum absolute atomic E-state index is 0.0938. The Hall–Kier alpha value is -1.36. The molecular weight excluding hydrogens is 286 g/mol. The zero-order chi connectivity index (χ0) is 14.7. The van der Waals surface area contributed by atoms with E-state index in [4.69, 9.17) is 11.6 Å². The Balaban J connectivity index is 1.50. The van der Waals surface area contributed by atoms with Crippen molar-refractivity contribution in [1.82, 2.24) is 15.1 Å². The van der Waals surface area contributed by atoms with Crippen molar-refractivity contribution in [2.24, 2.45) is 0 Å². The fourth-order valence-corrected chi connectivity index (χ4v) is 2.81. The van der Waals surface area contributed by atoms with Gasteiger partial charge in [0.05, 0.1) is 0 Å². The molecule has 1 N–H and O–H groups in total. The molecule has 0 atom stereocenters. The summed E-state index contributed by atoms with van der Waals surface area (Å²) < 4.78 is 0. The van der Waals surface area contributed by atoms with Crippen LogP contribution < -0.4 is 5.32 Å². The molecule has 0 bridgehead atoms. The molecule has 2 fully saturated rings. The highest BCUT2D eigenvalue weighted by atomic mass is 35.5. The van der Waals surface area contributed by atoms with Gasteiger partial charge in [-0.05, 0) is 23.8 Å². The molecule has 1 aromatic rings. The van der Waals surface area contributed by atoms with E-state index in [9.17, 15) is 4.79 Å². The molecule has 0 aromatic heterocycles. The highest BCUT2D eigenvalue weighted by Gasteiger charge is 2.28. The fourth-order valence-electron chi connectivity index (χ4n) is 2.69. The molecule has 0 unspecified atom stereocenters. The number of rotatable bonds is 3. The van der Waals surface area contributed by atoms with Crippen LogP contribution in [0.2, 0.25) is 5.02 Å². The topological polar surface area (TPSA) is 35.6 Å². The van der Waals surface area contributed by atoms with Gasteiger partial charge in [0.15, 0.2) is 0 Å². The third kappa shape index (κ3) is 3.64. The molecule has 1 amide bonds. The van der Waals surface area contributed by atoms with Crippen LogP contribution in [0.3, 0.4) is 0 Å². The zero-order valence-corrected chi connectivity index (χ0v) is 12.7. The number of halogens is 1. The first-order valence-electron chi connectivity index (χ1n) is 7.40. The van der Waals surface area contributed by atoms with Crippen molar-refractivity contribution in [1.29, 1.82) is 0 Å². The van der Waals surface area contributed by atoms with Gasteiger partial charge in [-0.1, -0.05) is 23.7 Å². The fraction of sp³-hybridized carbons (Fsp3) is 0.438. The molecule has 2 saturated heterocycles. The monoisotopic (exact) mass is 305 g/mol. The SMILES string of the molecule is O=C(C=Cc1ccc(Cl)cc1)N1CCN(C2CNC2)CC1. The predicted molar refractivity (Wildman–Crippen MR) is 85.3 cm³/mol. The molecule has 2 aliphatic heterocycles. The van der Waals surface area contributed by atoms with Crippen LogP contribution >= 0.6 is 11.6 Å². The highest BCUT2D eigenvalue weighted by Crippen LogP contribution is 2.12. The largest absolute Gasteiger partial charge is 0.337 e. The molecule has 112 valence electrons. The van der Waals surface area contributed by atoms with Crippen LogP contribution in [-0.2, 0) is 4.79 Å². The van der Waals surface area contributed by atoms with Gasteiger partial charge in [0.25, 0.3) is 0 Å². The third-order valence-corrected chi connectivity index (χ3v) is 4.44. The summed E-state index contributed by atoms with van der Waals surface area (Å²) in [7, 11) is 0. The van der Waals surface area contributed by atoms with Gasteiger partial charge in [-0.25, -0.2) is 0 Å². The number of nitrogens with zero attached hydrogens (tertiary/aromatic N) is 2. The Morgan fingerprint density at radius 2 is 1.81 bits per heavy atom. The first kappa shape index (κ1) is 14.6. The second-order valence-electron chi connectivity index (χ2n) is 5.56. The number of amides is 1. The molecule has 2 aliphatic rings. The minimum atomic E-state index is 0.0938. The van der Waals surface area contributed by atoms with Gasteiger partial charge in [-0.2, -0.15) is 0 Å². The molecule has 3 rings (SSSR count). The lowest BCUT2D eigenvalue weighted by Gasteiger charge is -2.43. The summed E-state index contributed by atoms with van der Waals surface area (Å²) in [5.74, 6) is 0.0938. The molecule has 21 heavy (non-hydrogen) atoms. The lowest BCUT2D eigenvalue weighted by atomic mass is 10.1. The van der Waals surface area contributed by atoms with Crippen molar-refractivity contribution in [3.8, 4) is 0 Å². The lowest BCUT2D eigenvalue weighted by molar-refractivity contribution is -0.128. The maximum Gasteiger partial charge on any atom is 0.246 e. The summed E-state index contributed by atoms with van der Waals surface area (Å²) in [5, 5.41) is 4.00. The van der Waals surface area contributed by atoms with E-state index in [1.807, 2.05) is 35.2 Å². The van der Waals surface area contributed by atoms with E-state index >= 15 is 0 Å². The van der Waals surface area contributed by atoms with Gasteiger partial charge in [-0.3, -0.25) is 9.69 Å². The van der Waals surface area contributed by atoms with Crippen LogP contribution in [0, 0.1) is 0 Å². The van der Waals surface area contributed by atoms with Crippen molar-refractivity contribution in [3.05, 3.63) is 40.9 Å². The normalized spacial score (nSPS) is 20.7. The molecule has 0 spiro atoms.